The van der Waals surface area contributed by atoms with Crippen molar-refractivity contribution in [1.29, 1.82) is 0 Å². The van der Waals surface area contributed by atoms with Crippen LogP contribution in [0.1, 0.15) is 87.8 Å². The second kappa shape index (κ2) is 14.5. The van der Waals surface area contributed by atoms with Crippen LogP contribution < -0.4 is 10.6 Å². The summed E-state index contributed by atoms with van der Waals surface area (Å²) in [6.45, 7) is 10.1. The first-order chi connectivity index (χ1) is 21.6. The minimum atomic E-state index is -0.836. The third kappa shape index (κ3) is 8.45. The molecule has 5 rings (SSSR count). The maximum Gasteiger partial charge on any atom is 0.254 e. The minimum Gasteiger partial charge on any atom is -0.390 e. The number of nitrogens with one attached hydrogen (secondary N) is 2. The zero-order valence-corrected chi connectivity index (χ0v) is 27.4. The van der Waals surface area contributed by atoms with E-state index in [4.69, 9.17) is 0 Å². The summed E-state index contributed by atoms with van der Waals surface area (Å²) in [5, 5.41) is 20.7. The Morgan fingerprint density at radius 1 is 1.00 bits per heavy atom. The van der Waals surface area contributed by atoms with Crippen molar-refractivity contribution in [2.24, 2.45) is 0 Å². The molecule has 3 unspecified atom stereocenters. The lowest BCUT2D eigenvalue weighted by Gasteiger charge is -2.26. The van der Waals surface area contributed by atoms with Crippen LogP contribution in [0.2, 0.25) is 0 Å². The molecule has 1 aliphatic rings. The first-order valence-electron chi connectivity index (χ1n) is 15.7. The lowest BCUT2D eigenvalue weighted by molar-refractivity contribution is 0.0735. The summed E-state index contributed by atoms with van der Waals surface area (Å²) in [6, 6.07) is 24.6. The smallest absolute Gasteiger partial charge is 0.254 e. The van der Waals surface area contributed by atoms with Gasteiger partial charge in [-0.1, -0.05) is 81.4 Å². The molecule has 0 radical (unpaired) electrons. The van der Waals surface area contributed by atoms with Crippen molar-refractivity contribution >= 4 is 23.2 Å². The Morgan fingerprint density at radius 2 is 1.73 bits per heavy atom. The number of likely N-dealkylation sites (tertiary alicyclic amines) is 1. The summed E-state index contributed by atoms with van der Waals surface area (Å²) in [6.07, 6.45) is 1.44. The van der Waals surface area contributed by atoms with Crippen LogP contribution in [0.5, 0.6) is 0 Å². The van der Waals surface area contributed by atoms with Gasteiger partial charge in [-0.25, -0.2) is 4.98 Å². The van der Waals surface area contributed by atoms with Gasteiger partial charge < -0.3 is 20.6 Å². The van der Waals surface area contributed by atoms with Crippen LogP contribution in [0.25, 0.3) is 0 Å². The van der Waals surface area contributed by atoms with Crippen molar-refractivity contribution in [1.82, 2.24) is 20.5 Å². The highest BCUT2D eigenvalue weighted by Crippen LogP contribution is 2.35. The lowest BCUT2D eigenvalue weighted by atomic mass is 9.86. The van der Waals surface area contributed by atoms with Gasteiger partial charge in [-0.05, 0) is 66.5 Å². The van der Waals surface area contributed by atoms with Crippen LogP contribution >= 0.6 is 11.3 Å². The van der Waals surface area contributed by atoms with E-state index in [-0.39, 0.29) is 23.3 Å². The summed E-state index contributed by atoms with van der Waals surface area (Å²) in [5.74, 6) is -0.420. The topological polar surface area (TPSA) is 94.6 Å². The number of aliphatic hydroxyl groups excluding tert-OH is 1. The Morgan fingerprint density at radius 3 is 2.47 bits per heavy atom. The van der Waals surface area contributed by atoms with Crippen LogP contribution in [-0.2, 0) is 18.4 Å². The second-order valence-electron chi connectivity index (χ2n) is 13.0. The quantitative estimate of drug-likeness (QED) is 0.184. The summed E-state index contributed by atoms with van der Waals surface area (Å²) in [7, 11) is 0. The molecule has 1 aromatic heterocycles. The van der Waals surface area contributed by atoms with Crippen LogP contribution in [-0.4, -0.2) is 52.0 Å². The van der Waals surface area contributed by atoms with E-state index < -0.39 is 12.1 Å². The van der Waals surface area contributed by atoms with E-state index >= 15 is 0 Å². The van der Waals surface area contributed by atoms with Crippen LogP contribution in [0.4, 0.5) is 0 Å². The molecule has 4 aromatic rings. The SMILES string of the molecule is Cc1csc(C2CCCN2C(=O)c2cccc(C(=O)NC(Cc3ccccc3)C(O)CNCc3cccc(C(C)(C)C)c3)c2)n1. The number of aromatic nitrogens is 1. The fourth-order valence-electron chi connectivity index (χ4n) is 5.81. The van der Waals surface area contributed by atoms with Crippen LogP contribution in [0.15, 0.2) is 84.2 Å². The molecular weight excluding hydrogens is 580 g/mol. The van der Waals surface area contributed by atoms with Crippen molar-refractivity contribution < 1.29 is 14.7 Å². The molecule has 0 saturated carbocycles. The van der Waals surface area contributed by atoms with E-state index in [0.717, 1.165) is 34.7 Å². The molecule has 0 bridgehead atoms. The van der Waals surface area contributed by atoms with Gasteiger partial charge in [-0.15, -0.1) is 11.3 Å². The number of amides is 2. The van der Waals surface area contributed by atoms with E-state index in [0.29, 0.717) is 37.2 Å². The zero-order chi connectivity index (χ0) is 32.0. The Kier molecular flexibility index (Phi) is 10.5. The molecule has 3 aromatic carbocycles. The van der Waals surface area contributed by atoms with Crippen molar-refractivity contribution in [2.45, 2.75) is 77.1 Å². The number of carbonyl (C=O) groups excluding carboxylic acids is 2. The Hall–Kier alpha value is -3.85. The van der Waals surface area contributed by atoms with Crippen LogP contribution in [0.3, 0.4) is 0 Å². The Labute approximate surface area is 270 Å². The first kappa shape index (κ1) is 32.5. The molecule has 7 nitrogen and oxygen atoms in total. The number of aliphatic hydroxyl groups is 1. The molecule has 2 heterocycles. The van der Waals surface area contributed by atoms with Gasteiger partial charge in [0.2, 0.25) is 0 Å². The molecule has 0 spiro atoms. The van der Waals surface area contributed by atoms with Gasteiger partial charge in [-0.3, -0.25) is 9.59 Å². The van der Waals surface area contributed by atoms with Gasteiger partial charge in [0.15, 0.2) is 0 Å². The number of nitrogens with zero attached hydrogens (tertiary/aromatic N) is 2. The number of hydrogen-bond acceptors (Lipinski definition) is 6. The molecule has 45 heavy (non-hydrogen) atoms. The number of carbonyl (C=O) groups is 2. The van der Waals surface area contributed by atoms with E-state index in [1.165, 1.54) is 5.56 Å². The number of rotatable bonds is 11. The van der Waals surface area contributed by atoms with Crippen molar-refractivity contribution in [3.63, 3.8) is 0 Å². The van der Waals surface area contributed by atoms with E-state index in [9.17, 15) is 14.7 Å². The summed E-state index contributed by atoms with van der Waals surface area (Å²) < 4.78 is 0. The number of hydrogen-bond donors (Lipinski definition) is 3. The molecule has 2 amide bonds. The van der Waals surface area contributed by atoms with Gasteiger partial charge in [0.1, 0.15) is 5.01 Å². The third-order valence-corrected chi connectivity index (χ3v) is 9.43. The first-order valence-corrected chi connectivity index (χ1v) is 16.6. The summed E-state index contributed by atoms with van der Waals surface area (Å²) in [5.41, 5.74) is 5.30. The van der Waals surface area contributed by atoms with Gasteiger partial charge >= 0.3 is 0 Å². The van der Waals surface area contributed by atoms with Crippen molar-refractivity contribution in [2.75, 3.05) is 13.1 Å². The van der Waals surface area contributed by atoms with Gasteiger partial charge in [-0.2, -0.15) is 0 Å². The van der Waals surface area contributed by atoms with Gasteiger partial charge in [0.05, 0.1) is 18.2 Å². The number of thiazole rings is 1. The van der Waals surface area contributed by atoms with Crippen molar-refractivity contribution in [3.8, 4) is 0 Å². The molecule has 236 valence electrons. The minimum absolute atomic E-state index is 0.0393. The summed E-state index contributed by atoms with van der Waals surface area (Å²) in [4.78, 5) is 33.7. The fourth-order valence-corrected chi connectivity index (χ4v) is 6.75. The highest BCUT2D eigenvalue weighted by Gasteiger charge is 2.33. The van der Waals surface area contributed by atoms with Gasteiger partial charge in [0.25, 0.3) is 11.8 Å². The highest BCUT2D eigenvalue weighted by atomic mass is 32.1. The van der Waals surface area contributed by atoms with E-state index in [1.54, 1.807) is 35.6 Å². The lowest BCUT2D eigenvalue weighted by Crippen LogP contribution is -2.48. The molecule has 0 aliphatic carbocycles. The van der Waals surface area contributed by atoms with Crippen LogP contribution in [0, 0.1) is 6.92 Å². The molecule has 8 heteroatoms. The fraction of sp³-hybridized carbons (Fsp3) is 0.378. The Bertz CT molecular complexity index is 1600. The Balaban J connectivity index is 1.26. The average molecular weight is 625 g/mol. The molecule has 3 N–H and O–H groups in total. The maximum atomic E-state index is 13.6. The van der Waals surface area contributed by atoms with E-state index in [1.807, 2.05) is 47.5 Å². The predicted molar refractivity (Wildman–Crippen MR) is 181 cm³/mol. The zero-order valence-electron chi connectivity index (χ0n) is 26.6. The van der Waals surface area contributed by atoms with E-state index in [2.05, 4.69) is 60.7 Å². The van der Waals surface area contributed by atoms with Gasteiger partial charge in [0, 0.05) is 41.8 Å². The average Bonchev–Trinajstić information content (AvgIpc) is 3.70. The molecular formula is C37H44N4O3S. The van der Waals surface area contributed by atoms with Crippen molar-refractivity contribution in [3.05, 3.63) is 123 Å². The number of aryl methyl sites for hydroxylation is 1. The largest absolute Gasteiger partial charge is 0.390 e. The number of benzene rings is 3. The second-order valence-corrected chi connectivity index (χ2v) is 13.9. The standard InChI is InChI=1S/C37H44N4O3S/c1-25-24-45-35(39-25)32-17-10-18-41(32)36(44)29-15-9-14-28(21-29)34(43)40-31(20-26-11-6-5-7-12-26)33(42)23-38-22-27-13-8-16-30(19-27)37(2,3)4/h5-9,11-16,19,21,24,31-33,38,42H,10,17-18,20,22-23H2,1-4H3,(H,40,43). The molecule has 3 atom stereocenters. The maximum absolute atomic E-state index is 13.6. The molecule has 1 saturated heterocycles. The molecule has 1 fully saturated rings. The predicted octanol–water partition coefficient (Wildman–Crippen LogP) is 6.22. The normalized spacial score (nSPS) is 16.4. The third-order valence-electron chi connectivity index (χ3n) is 8.36. The molecule has 1 aliphatic heterocycles. The summed E-state index contributed by atoms with van der Waals surface area (Å²) >= 11 is 1.59. The monoisotopic (exact) mass is 624 g/mol. The highest BCUT2D eigenvalue weighted by molar-refractivity contribution is 7.09.